The van der Waals surface area contributed by atoms with E-state index in [4.69, 9.17) is 9.47 Å². The van der Waals surface area contributed by atoms with E-state index in [9.17, 15) is 9.90 Å². The van der Waals surface area contributed by atoms with Gasteiger partial charge in [0.25, 0.3) is 5.91 Å². The fourth-order valence-electron chi connectivity index (χ4n) is 4.06. The van der Waals surface area contributed by atoms with Crippen molar-refractivity contribution in [3.05, 3.63) is 11.8 Å². The van der Waals surface area contributed by atoms with Gasteiger partial charge >= 0.3 is 0 Å². The summed E-state index contributed by atoms with van der Waals surface area (Å²) in [6, 6.07) is 0. The van der Waals surface area contributed by atoms with Gasteiger partial charge < -0.3 is 19.5 Å². The van der Waals surface area contributed by atoms with Crippen LogP contribution < -0.4 is 0 Å². The number of allylic oxidation sites excluding steroid dienone is 1. The minimum Gasteiger partial charge on any atom is -0.459 e. The fourth-order valence-corrected chi connectivity index (χ4v) is 4.06. The van der Waals surface area contributed by atoms with Crippen molar-refractivity contribution in [3.8, 4) is 0 Å². The molecule has 1 heterocycles. The van der Waals surface area contributed by atoms with E-state index in [1.807, 2.05) is 6.92 Å². The van der Waals surface area contributed by atoms with Crippen molar-refractivity contribution in [2.45, 2.75) is 58.2 Å². The molecule has 1 fully saturated rings. The average molecular weight is 339 g/mol. The second-order valence-corrected chi connectivity index (χ2v) is 7.18. The number of aliphatic hydroxyl groups excluding tert-OH is 1. The molecule has 138 valence electrons. The van der Waals surface area contributed by atoms with Crippen LogP contribution in [-0.2, 0) is 14.3 Å². The molecule has 0 aromatic rings. The van der Waals surface area contributed by atoms with E-state index in [0.29, 0.717) is 24.2 Å². The number of likely N-dealkylation sites (N-methyl/N-ethyl adjacent to an activating group) is 1. The quantitative estimate of drug-likeness (QED) is 0.775. The summed E-state index contributed by atoms with van der Waals surface area (Å²) < 4.78 is 11.8. The lowest BCUT2D eigenvalue weighted by atomic mass is 9.71. The summed E-state index contributed by atoms with van der Waals surface area (Å²) in [7, 11) is 3.49. The maximum Gasteiger partial charge on any atom is 0.288 e. The molecule has 1 amide bonds. The van der Waals surface area contributed by atoms with Crippen molar-refractivity contribution >= 4 is 5.91 Å². The highest BCUT2D eigenvalue weighted by molar-refractivity contribution is 5.91. The molecular formula is C19H33NO4. The molecule has 0 aromatic heterocycles. The van der Waals surface area contributed by atoms with Crippen LogP contribution in [0.15, 0.2) is 11.8 Å². The summed E-state index contributed by atoms with van der Waals surface area (Å²) in [5.41, 5.74) is 0. The second-order valence-electron chi connectivity index (χ2n) is 7.18. The summed E-state index contributed by atoms with van der Waals surface area (Å²) in [6.07, 6.45) is 9.51. The Bertz CT molecular complexity index is 429. The normalized spacial score (nSPS) is 28.2. The first-order chi connectivity index (χ1) is 11.6. The van der Waals surface area contributed by atoms with Crippen LogP contribution in [0, 0.1) is 17.8 Å². The number of carbonyl (C=O) groups is 1. The van der Waals surface area contributed by atoms with Gasteiger partial charge in [0.1, 0.15) is 0 Å². The number of ether oxygens (including phenoxy) is 2. The Balaban J connectivity index is 2.27. The van der Waals surface area contributed by atoms with Crippen LogP contribution in [0.4, 0.5) is 0 Å². The van der Waals surface area contributed by atoms with Crippen LogP contribution in [-0.4, -0.2) is 49.5 Å². The van der Waals surface area contributed by atoms with E-state index < -0.39 is 6.29 Å². The zero-order chi connectivity index (χ0) is 17.5. The van der Waals surface area contributed by atoms with Crippen molar-refractivity contribution in [1.82, 2.24) is 4.90 Å². The van der Waals surface area contributed by atoms with Gasteiger partial charge in [-0.25, -0.2) is 0 Å². The molecule has 0 unspecified atom stereocenters. The highest BCUT2D eigenvalue weighted by atomic mass is 16.7. The van der Waals surface area contributed by atoms with Crippen molar-refractivity contribution in [1.29, 1.82) is 0 Å². The predicted molar refractivity (Wildman–Crippen MR) is 93.2 cm³/mol. The molecule has 0 saturated heterocycles. The molecular weight excluding hydrogens is 306 g/mol. The van der Waals surface area contributed by atoms with E-state index in [-0.39, 0.29) is 18.4 Å². The number of hydrogen-bond acceptors (Lipinski definition) is 4. The monoisotopic (exact) mass is 339 g/mol. The topological polar surface area (TPSA) is 59.0 Å². The van der Waals surface area contributed by atoms with E-state index >= 15 is 0 Å². The molecule has 0 radical (unpaired) electrons. The molecule has 0 bridgehead atoms. The highest BCUT2D eigenvalue weighted by Gasteiger charge is 2.40. The van der Waals surface area contributed by atoms with E-state index in [1.54, 1.807) is 19.0 Å². The van der Waals surface area contributed by atoms with Gasteiger partial charge in [-0.3, -0.25) is 4.79 Å². The summed E-state index contributed by atoms with van der Waals surface area (Å²) in [5, 5.41) is 9.26. The van der Waals surface area contributed by atoms with E-state index in [0.717, 1.165) is 12.8 Å². The number of carbonyl (C=O) groups excluding carboxylic acids is 1. The Hall–Kier alpha value is -1.07. The number of nitrogens with zero attached hydrogens (tertiary/aromatic N) is 1. The second kappa shape index (κ2) is 9.42. The Morgan fingerprint density at radius 2 is 2.04 bits per heavy atom. The van der Waals surface area contributed by atoms with Gasteiger partial charge in [0.15, 0.2) is 5.76 Å². The number of rotatable bonds is 7. The Morgan fingerprint density at radius 1 is 1.33 bits per heavy atom. The third-order valence-corrected chi connectivity index (χ3v) is 5.27. The fraction of sp³-hybridized carbons (Fsp3) is 0.842. The molecule has 1 N–H and O–H groups in total. The zero-order valence-corrected chi connectivity index (χ0v) is 15.4. The molecule has 0 aromatic carbocycles. The maximum absolute atomic E-state index is 12.4. The Kier molecular flexibility index (Phi) is 7.56. The average Bonchev–Trinajstić information content (AvgIpc) is 2.60. The van der Waals surface area contributed by atoms with Gasteiger partial charge in [-0.2, -0.15) is 0 Å². The van der Waals surface area contributed by atoms with Crippen molar-refractivity contribution in [3.63, 3.8) is 0 Å². The molecule has 1 saturated carbocycles. The lowest BCUT2D eigenvalue weighted by molar-refractivity contribution is -0.179. The molecule has 3 atom stereocenters. The maximum atomic E-state index is 12.4. The first kappa shape index (κ1) is 19.3. The summed E-state index contributed by atoms with van der Waals surface area (Å²) in [5.74, 6) is 1.41. The van der Waals surface area contributed by atoms with Crippen molar-refractivity contribution < 1.29 is 19.4 Å². The number of hydrogen-bond donors (Lipinski definition) is 1. The number of amides is 1. The van der Waals surface area contributed by atoms with E-state index in [1.165, 1.54) is 32.1 Å². The van der Waals surface area contributed by atoms with Crippen LogP contribution in [0.2, 0.25) is 0 Å². The first-order valence-corrected chi connectivity index (χ1v) is 9.41. The standard InChI is InChI=1S/C19H33NO4/c1-4-23-19-15(11-8-12-21)16(14-9-6-5-7-10-14)13-17(24-19)18(22)20(2)3/h13-16,19,21H,4-12H2,1-3H3/t15-,16-,19-/m0/s1. The molecule has 1 aliphatic heterocycles. The smallest absolute Gasteiger partial charge is 0.288 e. The van der Waals surface area contributed by atoms with Crippen LogP contribution >= 0.6 is 0 Å². The van der Waals surface area contributed by atoms with Crippen molar-refractivity contribution in [2.75, 3.05) is 27.3 Å². The third kappa shape index (κ3) is 4.73. The molecule has 0 spiro atoms. The number of aliphatic hydroxyl groups is 1. The summed E-state index contributed by atoms with van der Waals surface area (Å²) in [4.78, 5) is 14.0. The minimum absolute atomic E-state index is 0.0962. The van der Waals surface area contributed by atoms with Crippen LogP contribution in [0.5, 0.6) is 0 Å². The molecule has 2 aliphatic rings. The predicted octanol–water partition coefficient (Wildman–Crippen LogP) is 2.94. The van der Waals surface area contributed by atoms with Crippen molar-refractivity contribution in [2.24, 2.45) is 17.8 Å². The Morgan fingerprint density at radius 3 is 2.62 bits per heavy atom. The largest absolute Gasteiger partial charge is 0.459 e. The molecule has 1 aliphatic carbocycles. The van der Waals surface area contributed by atoms with Gasteiger partial charge in [0, 0.05) is 33.2 Å². The van der Waals surface area contributed by atoms with Crippen LogP contribution in [0.1, 0.15) is 51.9 Å². The van der Waals surface area contributed by atoms with Crippen LogP contribution in [0.3, 0.4) is 0 Å². The summed E-state index contributed by atoms with van der Waals surface area (Å²) >= 11 is 0. The molecule has 2 rings (SSSR count). The van der Waals surface area contributed by atoms with Crippen LogP contribution in [0.25, 0.3) is 0 Å². The lowest BCUT2D eigenvalue weighted by Crippen LogP contribution is -2.42. The minimum atomic E-state index is -0.391. The molecule has 5 nitrogen and oxygen atoms in total. The SMILES string of the molecule is CCO[C@H]1OC(C(=O)N(C)C)=C[C@@H](C2CCCCC2)[C@@H]1CCCO. The lowest BCUT2D eigenvalue weighted by Gasteiger charge is -2.41. The van der Waals surface area contributed by atoms with Gasteiger partial charge in [-0.1, -0.05) is 19.3 Å². The Labute approximate surface area is 146 Å². The third-order valence-electron chi connectivity index (χ3n) is 5.27. The molecule has 24 heavy (non-hydrogen) atoms. The van der Waals surface area contributed by atoms with Gasteiger partial charge in [-0.15, -0.1) is 0 Å². The molecule has 5 heteroatoms. The first-order valence-electron chi connectivity index (χ1n) is 9.41. The van der Waals surface area contributed by atoms with E-state index in [2.05, 4.69) is 6.08 Å². The zero-order valence-electron chi connectivity index (χ0n) is 15.4. The highest BCUT2D eigenvalue weighted by Crippen LogP contribution is 2.42. The van der Waals surface area contributed by atoms with Gasteiger partial charge in [0.05, 0.1) is 0 Å². The van der Waals surface area contributed by atoms with Gasteiger partial charge in [-0.05, 0) is 50.5 Å². The van der Waals surface area contributed by atoms with Gasteiger partial charge in [0.2, 0.25) is 6.29 Å². The summed E-state index contributed by atoms with van der Waals surface area (Å²) in [6.45, 7) is 2.69.